The van der Waals surface area contributed by atoms with E-state index in [1.807, 2.05) is 31.2 Å². The molecule has 0 saturated carbocycles. The first-order valence-corrected chi connectivity index (χ1v) is 7.26. The lowest BCUT2D eigenvalue weighted by Crippen LogP contribution is -2.33. The van der Waals surface area contributed by atoms with Crippen LogP contribution in [0.3, 0.4) is 0 Å². The molecule has 0 aromatic heterocycles. The minimum Gasteiger partial charge on any atom is -0.369 e. The molecule has 0 unspecified atom stereocenters. The third kappa shape index (κ3) is 4.04. The highest BCUT2D eigenvalue weighted by atomic mass is 19.4. The lowest BCUT2D eigenvalue weighted by atomic mass is 10.1. The molecular weight excluding hydrogens is 322 g/mol. The van der Waals surface area contributed by atoms with Crippen LogP contribution in [0.2, 0.25) is 0 Å². The second-order valence-corrected chi connectivity index (χ2v) is 5.22. The number of anilines is 1. The SMILES string of the molecule is CCc1cccc(N(C)C(N)=Nc2ccc(C(F)(F)F)cc2F)c1. The first-order valence-electron chi connectivity index (χ1n) is 7.26. The van der Waals surface area contributed by atoms with Gasteiger partial charge in [0.2, 0.25) is 5.96 Å². The summed E-state index contributed by atoms with van der Waals surface area (Å²) in [6, 6.07) is 9.67. The van der Waals surface area contributed by atoms with Crippen LogP contribution >= 0.6 is 0 Å². The minimum absolute atomic E-state index is 0.0260. The zero-order valence-electron chi connectivity index (χ0n) is 13.2. The fourth-order valence-electron chi connectivity index (χ4n) is 2.09. The summed E-state index contributed by atoms with van der Waals surface area (Å²) >= 11 is 0. The molecule has 2 aromatic rings. The monoisotopic (exact) mass is 339 g/mol. The predicted octanol–water partition coefficient (Wildman–Crippen LogP) is 4.49. The van der Waals surface area contributed by atoms with Gasteiger partial charge in [-0.05, 0) is 42.3 Å². The van der Waals surface area contributed by atoms with Gasteiger partial charge in [0.05, 0.1) is 5.56 Å². The summed E-state index contributed by atoms with van der Waals surface area (Å²) < 4.78 is 51.5. The first kappa shape index (κ1) is 17.8. The van der Waals surface area contributed by atoms with Gasteiger partial charge in [-0.1, -0.05) is 19.1 Å². The number of aryl methyl sites for hydroxylation is 1. The van der Waals surface area contributed by atoms with Crippen molar-refractivity contribution in [2.24, 2.45) is 10.7 Å². The molecule has 24 heavy (non-hydrogen) atoms. The van der Waals surface area contributed by atoms with Gasteiger partial charge in [0.25, 0.3) is 0 Å². The molecule has 7 heteroatoms. The van der Waals surface area contributed by atoms with Gasteiger partial charge in [0.15, 0.2) is 0 Å². The number of hydrogen-bond donors (Lipinski definition) is 1. The molecule has 128 valence electrons. The van der Waals surface area contributed by atoms with Crippen LogP contribution in [0, 0.1) is 5.82 Å². The molecule has 0 amide bonds. The Balaban J connectivity index is 2.29. The zero-order chi connectivity index (χ0) is 17.9. The van der Waals surface area contributed by atoms with Gasteiger partial charge in [-0.2, -0.15) is 13.2 Å². The number of nitrogens with zero attached hydrogens (tertiary/aromatic N) is 2. The van der Waals surface area contributed by atoms with Crippen LogP contribution in [0.5, 0.6) is 0 Å². The maximum absolute atomic E-state index is 13.8. The van der Waals surface area contributed by atoms with E-state index in [0.717, 1.165) is 29.8 Å². The van der Waals surface area contributed by atoms with E-state index in [1.165, 1.54) is 4.90 Å². The number of benzene rings is 2. The largest absolute Gasteiger partial charge is 0.416 e. The Morgan fingerprint density at radius 1 is 1.17 bits per heavy atom. The van der Waals surface area contributed by atoms with Crippen molar-refractivity contribution in [2.75, 3.05) is 11.9 Å². The number of nitrogens with two attached hydrogens (primary N) is 1. The average Bonchev–Trinajstić information content (AvgIpc) is 2.55. The van der Waals surface area contributed by atoms with E-state index in [1.54, 1.807) is 7.05 Å². The average molecular weight is 339 g/mol. The van der Waals surface area contributed by atoms with Crippen molar-refractivity contribution >= 4 is 17.3 Å². The lowest BCUT2D eigenvalue weighted by Gasteiger charge is -2.19. The molecule has 0 radical (unpaired) electrons. The summed E-state index contributed by atoms with van der Waals surface area (Å²) in [6.45, 7) is 2.01. The molecule has 0 aliphatic heterocycles. The predicted molar refractivity (Wildman–Crippen MR) is 86.9 cm³/mol. The van der Waals surface area contributed by atoms with Gasteiger partial charge in [0, 0.05) is 12.7 Å². The van der Waals surface area contributed by atoms with Crippen molar-refractivity contribution in [3.05, 3.63) is 59.4 Å². The highest BCUT2D eigenvalue weighted by molar-refractivity contribution is 5.96. The Labute approximate surface area is 137 Å². The Kier molecular flexibility index (Phi) is 5.11. The standard InChI is InChI=1S/C17H17F4N3/c1-3-11-5-4-6-13(9-11)24(2)16(22)23-15-8-7-12(10-14(15)18)17(19,20)21/h4-10H,3H2,1-2H3,(H2,22,23). The molecule has 3 nitrogen and oxygen atoms in total. The normalized spacial score (nSPS) is 12.3. The number of hydrogen-bond acceptors (Lipinski definition) is 1. The molecule has 0 atom stereocenters. The van der Waals surface area contributed by atoms with Crippen LogP contribution in [0.15, 0.2) is 47.5 Å². The molecule has 0 heterocycles. The fraction of sp³-hybridized carbons (Fsp3) is 0.235. The molecule has 2 rings (SSSR count). The molecule has 2 N–H and O–H groups in total. The number of alkyl halides is 3. The van der Waals surface area contributed by atoms with E-state index in [9.17, 15) is 17.6 Å². The smallest absolute Gasteiger partial charge is 0.369 e. The van der Waals surface area contributed by atoms with Crippen molar-refractivity contribution in [3.63, 3.8) is 0 Å². The van der Waals surface area contributed by atoms with Gasteiger partial charge in [-0.15, -0.1) is 0 Å². The maximum Gasteiger partial charge on any atom is 0.416 e. The van der Waals surface area contributed by atoms with E-state index < -0.39 is 17.6 Å². The van der Waals surface area contributed by atoms with Crippen molar-refractivity contribution < 1.29 is 17.6 Å². The van der Waals surface area contributed by atoms with Crippen molar-refractivity contribution in [1.82, 2.24) is 0 Å². The third-order valence-electron chi connectivity index (χ3n) is 3.56. The molecular formula is C17H17F4N3. The summed E-state index contributed by atoms with van der Waals surface area (Å²) in [6.07, 6.45) is -3.77. The lowest BCUT2D eigenvalue weighted by molar-refractivity contribution is -0.137. The summed E-state index contributed by atoms with van der Waals surface area (Å²) in [5.74, 6) is -1.11. The number of halogens is 4. The number of aliphatic imine (C=N–C) groups is 1. The Morgan fingerprint density at radius 2 is 1.88 bits per heavy atom. The Morgan fingerprint density at radius 3 is 2.46 bits per heavy atom. The van der Waals surface area contributed by atoms with Gasteiger partial charge < -0.3 is 10.6 Å². The summed E-state index contributed by atoms with van der Waals surface area (Å²) in [7, 11) is 1.65. The topological polar surface area (TPSA) is 41.6 Å². The van der Waals surface area contributed by atoms with Gasteiger partial charge in [-0.25, -0.2) is 9.38 Å². The fourth-order valence-corrected chi connectivity index (χ4v) is 2.09. The van der Waals surface area contributed by atoms with Crippen LogP contribution in [-0.4, -0.2) is 13.0 Å². The van der Waals surface area contributed by atoms with Gasteiger partial charge in [-0.3, -0.25) is 0 Å². The third-order valence-corrected chi connectivity index (χ3v) is 3.56. The Hall–Kier alpha value is -2.57. The van der Waals surface area contributed by atoms with Crippen LogP contribution in [0.25, 0.3) is 0 Å². The first-order chi connectivity index (χ1) is 11.2. The molecule has 0 aliphatic rings. The second-order valence-electron chi connectivity index (χ2n) is 5.22. The summed E-state index contributed by atoms with van der Waals surface area (Å²) in [5.41, 5.74) is 6.38. The van der Waals surface area contributed by atoms with E-state index >= 15 is 0 Å². The van der Waals surface area contributed by atoms with E-state index in [0.29, 0.717) is 6.07 Å². The second kappa shape index (κ2) is 6.90. The highest BCUT2D eigenvalue weighted by Crippen LogP contribution is 2.32. The molecule has 0 bridgehead atoms. The molecule has 2 aromatic carbocycles. The van der Waals surface area contributed by atoms with Crippen molar-refractivity contribution in [2.45, 2.75) is 19.5 Å². The molecule has 0 aliphatic carbocycles. The molecule has 0 saturated heterocycles. The quantitative estimate of drug-likeness (QED) is 0.509. The molecule has 0 fully saturated rings. The minimum atomic E-state index is -4.61. The Bertz CT molecular complexity index is 754. The summed E-state index contributed by atoms with van der Waals surface area (Å²) in [4.78, 5) is 5.43. The molecule has 0 spiro atoms. The highest BCUT2D eigenvalue weighted by Gasteiger charge is 2.31. The van der Waals surface area contributed by atoms with Crippen LogP contribution in [-0.2, 0) is 12.6 Å². The van der Waals surface area contributed by atoms with Crippen LogP contribution < -0.4 is 10.6 Å². The summed E-state index contributed by atoms with van der Waals surface area (Å²) in [5, 5.41) is 0. The zero-order valence-corrected chi connectivity index (χ0v) is 13.2. The van der Waals surface area contributed by atoms with Crippen LogP contribution in [0.4, 0.5) is 28.9 Å². The van der Waals surface area contributed by atoms with E-state index in [-0.39, 0.29) is 11.6 Å². The van der Waals surface area contributed by atoms with Gasteiger partial charge in [0.1, 0.15) is 11.5 Å². The van der Waals surface area contributed by atoms with Crippen LogP contribution in [0.1, 0.15) is 18.1 Å². The maximum atomic E-state index is 13.8. The van der Waals surface area contributed by atoms with E-state index in [4.69, 9.17) is 5.73 Å². The van der Waals surface area contributed by atoms with E-state index in [2.05, 4.69) is 4.99 Å². The van der Waals surface area contributed by atoms with Gasteiger partial charge >= 0.3 is 6.18 Å². The number of guanidine groups is 1. The van der Waals surface area contributed by atoms with Crippen molar-refractivity contribution in [3.8, 4) is 0 Å². The van der Waals surface area contributed by atoms with Crippen molar-refractivity contribution in [1.29, 1.82) is 0 Å². The number of rotatable bonds is 3.